The van der Waals surface area contributed by atoms with Crippen LogP contribution < -0.4 is 10.9 Å². The SMILES string of the molecule is CC(C)(C)OCOCCCNNC(=O)OC(C)(C)C. The van der Waals surface area contributed by atoms with Gasteiger partial charge in [-0.2, -0.15) is 0 Å². The summed E-state index contributed by atoms with van der Waals surface area (Å²) in [4.78, 5) is 11.3. The smallest absolute Gasteiger partial charge is 0.422 e. The fourth-order valence-electron chi connectivity index (χ4n) is 0.978. The van der Waals surface area contributed by atoms with Gasteiger partial charge in [0.25, 0.3) is 0 Å². The van der Waals surface area contributed by atoms with Crippen LogP contribution in [0, 0.1) is 0 Å². The summed E-state index contributed by atoms with van der Waals surface area (Å²) in [7, 11) is 0. The molecule has 0 unspecified atom stereocenters. The number of rotatable bonds is 7. The molecule has 114 valence electrons. The Bertz CT molecular complexity index is 256. The third-order valence-electron chi connectivity index (χ3n) is 1.76. The van der Waals surface area contributed by atoms with Gasteiger partial charge in [-0.3, -0.25) is 5.43 Å². The minimum absolute atomic E-state index is 0.184. The Morgan fingerprint density at radius 2 is 1.68 bits per heavy atom. The summed E-state index contributed by atoms with van der Waals surface area (Å²) < 4.78 is 15.7. The molecule has 0 aliphatic heterocycles. The van der Waals surface area contributed by atoms with Gasteiger partial charge < -0.3 is 14.2 Å². The number of carbonyl (C=O) groups is 1. The molecular formula is C13H28N2O4. The Hall–Kier alpha value is -0.850. The summed E-state index contributed by atoms with van der Waals surface area (Å²) in [6.45, 7) is 12.8. The van der Waals surface area contributed by atoms with Crippen LogP contribution >= 0.6 is 0 Å². The van der Waals surface area contributed by atoms with E-state index in [-0.39, 0.29) is 12.4 Å². The van der Waals surface area contributed by atoms with E-state index in [2.05, 4.69) is 10.9 Å². The Kier molecular flexibility index (Phi) is 7.97. The molecule has 0 aliphatic carbocycles. The van der Waals surface area contributed by atoms with E-state index in [0.717, 1.165) is 6.42 Å². The molecule has 0 saturated carbocycles. The van der Waals surface area contributed by atoms with Crippen molar-refractivity contribution in [1.82, 2.24) is 10.9 Å². The van der Waals surface area contributed by atoms with Crippen molar-refractivity contribution in [2.24, 2.45) is 0 Å². The van der Waals surface area contributed by atoms with Crippen LogP contribution in [-0.4, -0.2) is 37.2 Å². The zero-order valence-electron chi connectivity index (χ0n) is 13.0. The summed E-state index contributed by atoms with van der Waals surface area (Å²) >= 11 is 0. The first-order valence-electron chi connectivity index (χ1n) is 6.54. The van der Waals surface area contributed by atoms with Crippen LogP contribution in [0.1, 0.15) is 48.0 Å². The van der Waals surface area contributed by atoms with Gasteiger partial charge in [0.1, 0.15) is 12.4 Å². The lowest BCUT2D eigenvalue weighted by molar-refractivity contribution is -0.120. The number of hydrogen-bond acceptors (Lipinski definition) is 5. The van der Waals surface area contributed by atoms with Crippen molar-refractivity contribution in [3.05, 3.63) is 0 Å². The first-order valence-corrected chi connectivity index (χ1v) is 6.54. The lowest BCUT2D eigenvalue weighted by atomic mass is 10.2. The van der Waals surface area contributed by atoms with Gasteiger partial charge in [-0.05, 0) is 48.0 Å². The minimum atomic E-state index is -0.487. The lowest BCUT2D eigenvalue weighted by Gasteiger charge is -2.20. The molecule has 0 bridgehead atoms. The number of nitrogens with one attached hydrogen (secondary N) is 2. The maximum Gasteiger partial charge on any atom is 0.422 e. The number of amides is 1. The van der Waals surface area contributed by atoms with E-state index in [0.29, 0.717) is 13.2 Å². The quantitative estimate of drug-likeness (QED) is 0.424. The molecule has 1 amide bonds. The Morgan fingerprint density at radius 1 is 1.05 bits per heavy atom. The molecule has 0 radical (unpaired) electrons. The van der Waals surface area contributed by atoms with Crippen molar-refractivity contribution < 1.29 is 19.0 Å². The average Bonchev–Trinajstić information content (AvgIpc) is 2.17. The summed E-state index contributed by atoms with van der Waals surface area (Å²) in [5.41, 5.74) is 4.55. The van der Waals surface area contributed by atoms with Crippen molar-refractivity contribution in [2.45, 2.75) is 59.2 Å². The van der Waals surface area contributed by atoms with Crippen molar-refractivity contribution in [2.75, 3.05) is 19.9 Å². The zero-order chi connectivity index (χ0) is 14.9. The molecule has 6 nitrogen and oxygen atoms in total. The van der Waals surface area contributed by atoms with Crippen molar-refractivity contribution in [1.29, 1.82) is 0 Å². The van der Waals surface area contributed by atoms with Crippen LogP contribution in [-0.2, 0) is 14.2 Å². The van der Waals surface area contributed by atoms with Gasteiger partial charge in [-0.25, -0.2) is 10.2 Å². The predicted octanol–water partition coefficient (Wildman–Crippen LogP) is 2.19. The molecule has 0 aromatic carbocycles. The third-order valence-corrected chi connectivity index (χ3v) is 1.76. The first kappa shape index (κ1) is 18.1. The molecule has 19 heavy (non-hydrogen) atoms. The fourth-order valence-corrected chi connectivity index (χ4v) is 0.978. The van der Waals surface area contributed by atoms with E-state index >= 15 is 0 Å². The monoisotopic (exact) mass is 276 g/mol. The summed E-state index contributed by atoms with van der Waals surface area (Å²) in [5, 5.41) is 0. The van der Waals surface area contributed by atoms with Crippen LogP contribution in [0.2, 0.25) is 0 Å². The highest BCUT2D eigenvalue weighted by molar-refractivity contribution is 5.66. The zero-order valence-corrected chi connectivity index (χ0v) is 13.0. The van der Waals surface area contributed by atoms with E-state index < -0.39 is 11.7 Å². The third kappa shape index (κ3) is 15.1. The van der Waals surface area contributed by atoms with E-state index in [9.17, 15) is 4.79 Å². The second-order valence-corrected chi connectivity index (χ2v) is 6.19. The number of ether oxygens (including phenoxy) is 3. The maximum atomic E-state index is 11.3. The van der Waals surface area contributed by atoms with Gasteiger partial charge in [0.2, 0.25) is 0 Å². The second kappa shape index (κ2) is 8.35. The summed E-state index contributed by atoms with van der Waals surface area (Å²) in [5.74, 6) is 0. The van der Waals surface area contributed by atoms with Crippen molar-refractivity contribution in [3.8, 4) is 0 Å². The predicted molar refractivity (Wildman–Crippen MR) is 73.6 cm³/mol. The standard InChI is InChI=1S/C13H28N2O4/c1-12(2,3)18-10-17-9-7-8-14-15-11(16)19-13(4,5)6/h14H,7-10H2,1-6H3,(H,15,16). The van der Waals surface area contributed by atoms with E-state index in [1.165, 1.54) is 0 Å². The average molecular weight is 276 g/mol. The highest BCUT2D eigenvalue weighted by atomic mass is 16.7. The molecule has 0 saturated heterocycles. The molecule has 0 atom stereocenters. The van der Waals surface area contributed by atoms with Crippen molar-refractivity contribution in [3.63, 3.8) is 0 Å². The van der Waals surface area contributed by atoms with Gasteiger partial charge >= 0.3 is 6.09 Å². The molecule has 0 rings (SSSR count). The molecule has 0 aliphatic rings. The molecule has 0 spiro atoms. The highest BCUT2D eigenvalue weighted by Gasteiger charge is 2.15. The van der Waals surface area contributed by atoms with Crippen LogP contribution in [0.5, 0.6) is 0 Å². The van der Waals surface area contributed by atoms with Crippen molar-refractivity contribution >= 4 is 6.09 Å². The van der Waals surface area contributed by atoms with Crippen LogP contribution in [0.3, 0.4) is 0 Å². The molecule has 0 heterocycles. The Morgan fingerprint density at radius 3 is 2.21 bits per heavy atom. The first-order chi connectivity index (χ1) is 8.60. The largest absolute Gasteiger partial charge is 0.443 e. The maximum absolute atomic E-state index is 11.3. The van der Waals surface area contributed by atoms with E-state index in [1.54, 1.807) is 0 Å². The highest BCUT2D eigenvalue weighted by Crippen LogP contribution is 2.06. The Balaban J connectivity index is 3.35. The summed E-state index contributed by atoms with van der Waals surface area (Å²) in [6.07, 6.45) is 0.285. The van der Waals surface area contributed by atoms with E-state index in [4.69, 9.17) is 14.2 Å². The molecular weight excluding hydrogens is 248 g/mol. The minimum Gasteiger partial charge on any atom is -0.443 e. The fraction of sp³-hybridized carbons (Fsp3) is 0.923. The Labute approximate surface area is 116 Å². The van der Waals surface area contributed by atoms with Gasteiger partial charge in [0, 0.05) is 6.54 Å². The molecule has 0 aromatic rings. The van der Waals surface area contributed by atoms with Gasteiger partial charge in [-0.1, -0.05) is 0 Å². The number of hydrazine groups is 1. The second-order valence-electron chi connectivity index (χ2n) is 6.19. The normalized spacial score (nSPS) is 12.3. The molecule has 0 fully saturated rings. The van der Waals surface area contributed by atoms with Gasteiger partial charge in [-0.15, -0.1) is 0 Å². The van der Waals surface area contributed by atoms with E-state index in [1.807, 2.05) is 41.5 Å². The van der Waals surface area contributed by atoms with Crippen LogP contribution in [0.25, 0.3) is 0 Å². The summed E-state index contributed by atoms with van der Waals surface area (Å²) in [6, 6.07) is 0. The van der Waals surface area contributed by atoms with Gasteiger partial charge in [0.05, 0.1) is 12.2 Å². The number of hydrogen-bond donors (Lipinski definition) is 2. The molecule has 6 heteroatoms. The number of carbonyl (C=O) groups excluding carboxylic acids is 1. The van der Waals surface area contributed by atoms with Crippen LogP contribution in [0.15, 0.2) is 0 Å². The van der Waals surface area contributed by atoms with Gasteiger partial charge in [0.15, 0.2) is 0 Å². The van der Waals surface area contributed by atoms with Crippen LogP contribution in [0.4, 0.5) is 4.79 Å². The topological polar surface area (TPSA) is 68.8 Å². The molecule has 0 aromatic heterocycles. The lowest BCUT2D eigenvalue weighted by Crippen LogP contribution is -2.41. The molecule has 2 N–H and O–H groups in total.